The van der Waals surface area contributed by atoms with E-state index >= 15 is 0 Å². The lowest BCUT2D eigenvalue weighted by molar-refractivity contribution is -0.158. The molecule has 0 fully saturated rings. The molecular formula is C29H24F9N3O5. The van der Waals surface area contributed by atoms with E-state index in [4.69, 9.17) is 4.74 Å². The van der Waals surface area contributed by atoms with E-state index < -0.39 is 83.3 Å². The first-order valence-corrected chi connectivity index (χ1v) is 12.9. The Labute approximate surface area is 254 Å². The third-order valence-corrected chi connectivity index (χ3v) is 5.62. The first-order chi connectivity index (χ1) is 21.0. The summed E-state index contributed by atoms with van der Waals surface area (Å²) in [7, 11) is 0. The second kappa shape index (κ2) is 13.3. The Morgan fingerprint density at radius 3 is 2.00 bits per heavy atom. The van der Waals surface area contributed by atoms with Crippen LogP contribution in [0.1, 0.15) is 48.8 Å². The molecule has 2 N–H and O–H groups in total. The molecule has 0 bridgehead atoms. The molecule has 1 aromatic heterocycles. The van der Waals surface area contributed by atoms with Crippen molar-refractivity contribution in [2.75, 3.05) is 17.2 Å². The second-order valence-corrected chi connectivity index (χ2v) is 10.6. The number of nitrogens with one attached hydrogen (secondary N) is 2. The molecular weight excluding hydrogens is 641 g/mol. The fraction of sp³-hybridized carbons (Fsp3) is 0.310. The standard InChI is InChI=1S/C29H24F9N3O5/c1-26(2,3)46-25(44)41-20-12-22(45-14-27(30,31)32)18(28(33,34)35)11-19(20)40-24(43)13-21(42)17-6-4-5-15(9-17)16-7-8-39-23(10-16)29(36,37)38/h4-12H,13-14H2,1-3H3,(H,40,43)(H,41,44). The zero-order valence-electron chi connectivity index (χ0n) is 24.0. The highest BCUT2D eigenvalue weighted by atomic mass is 19.4. The van der Waals surface area contributed by atoms with Crippen molar-refractivity contribution in [1.29, 1.82) is 0 Å². The Kier molecular flexibility index (Phi) is 10.3. The van der Waals surface area contributed by atoms with Gasteiger partial charge >= 0.3 is 24.6 Å². The molecule has 248 valence electrons. The molecule has 8 nitrogen and oxygen atoms in total. The highest BCUT2D eigenvalue weighted by Gasteiger charge is 2.38. The Morgan fingerprint density at radius 2 is 1.41 bits per heavy atom. The number of ketones is 1. The van der Waals surface area contributed by atoms with E-state index in [1.54, 1.807) is 0 Å². The topological polar surface area (TPSA) is 107 Å². The van der Waals surface area contributed by atoms with Crippen molar-refractivity contribution in [3.63, 3.8) is 0 Å². The maximum absolute atomic E-state index is 13.8. The Hall–Kier alpha value is -4.83. The van der Waals surface area contributed by atoms with Gasteiger partial charge < -0.3 is 14.8 Å². The van der Waals surface area contributed by atoms with Crippen molar-refractivity contribution in [1.82, 2.24) is 4.98 Å². The lowest BCUT2D eigenvalue weighted by atomic mass is 10.00. The van der Waals surface area contributed by atoms with Crippen LogP contribution in [0, 0.1) is 0 Å². The molecule has 3 aromatic rings. The number of hydrogen-bond donors (Lipinski definition) is 2. The number of ether oxygens (including phenoxy) is 2. The lowest BCUT2D eigenvalue weighted by Gasteiger charge is -2.22. The smallest absolute Gasteiger partial charge is 0.433 e. The van der Waals surface area contributed by atoms with Crippen LogP contribution >= 0.6 is 0 Å². The van der Waals surface area contributed by atoms with Gasteiger partial charge in [0.1, 0.15) is 17.0 Å². The van der Waals surface area contributed by atoms with E-state index in [0.29, 0.717) is 6.07 Å². The minimum Gasteiger partial charge on any atom is -0.483 e. The molecule has 0 aliphatic rings. The summed E-state index contributed by atoms with van der Waals surface area (Å²) < 4.78 is 128. The van der Waals surface area contributed by atoms with Crippen LogP contribution in [0.4, 0.5) is 55.7 Å². The van der Waals surface area contributed by atoms with Crippen molar-refractivity contribution in [2.45, 2.75) is 51.3 Å². The van der Waals surface area contributed by atoms with Crippen LogP contribution in [-0.4, -0.2) is 41.2 Å². The summed E-state index contributed by atoms with van der Waals surface area (Å²) in [5, 5.41) is 4.06. The van der Waals surface area contributed by atoms with E-state index in [1.165, 1.54) is 51.1 Å². The van der Waals surface area contributed by atoms with Crippen LogP contribution in [0.25, 0.3) is 11.1 Å². The summed E-state index contributed by atoms with van der Waals surface area (Å²) in [6.45, 7) is 2.23. The molecule has 0 aliphatic heterocycles. The number of nitrogens with zero attached hydrogens (tertiary/aromatic N) is 1. The minimum atomic E-state index is -5.29. The normalized spacial score (nSPS) is 12.3. The number of amides is 2. The number of alkyl halides is 9. The summed E-state index contributed by atoms with van der Waals surface area (Å²) in [5.74, 6) is -3.43. The fourth-order valence-corrected chi connectivity index (χ4v) is 3.78. The van der Waals surface area contributed by atoms with Gasteiger partial charge in [-0.15, -0.1) is 0 Å². The van der Waals surface area contributed by atoms with Crippen LogP contribution in [0.5, 0.6) is 5.75 Å². The van der Waals surface area contributed by atoms with Crippen LogP contribution in [0.2, 0.25) is 0 Å². The third kappa shape index (κ3) is 10.4. The van der Waals surface area contributed by atoms with Crippen molar-refractivity contribution in [3.05, 3.63) is 71.5 Å². The highest BCUT2D eigenvalue weighted by molar-refractivity contribution is 6.12. The molecule has 0 saturated carbocycles. The third-order valence-electron chi connectivity index (χ3n) is 5.62. The van der Waals surface area contributed by atoms with Gasteiger partial charge in [-0.2, -0.15) is 39.5 Å². The van der Waals surface area contributed by atoms with Crippen LogP contribution in [0.3, 0.4) is 0 Å². The summed E-state index contributed by atoms with van der Waals surface area (Å²) in [5.41, 5.74) is -5.39. The van der Waals surface area contributed by atoms with Gasteiger partial charge in [-0.3, -0.25) is 19.9 Å². The maximum atomic E-state index is 13.8. The average molecular weight is 666 g/mol. The number of pyridine rings is 1. The Balaban J connectivity index is 1.92. The number of Topliss-reactive ketones (excluding diaryl/α,β-unsaturated/α-hetero) is 1. The molecule has 0 spiro atoms. The van der Waals surface area contributed by atoms with Gasteiger partial charge in [0.15, 0.2) is 12.4 Å². The summed E-state index contributed by atoms with van der Waals surface area (Å²) in [6.07, 6.45) is -16.4. The fourth-order valence-electron chi connectivity index (χ4n) is 3.78. The number of anilines is 2. The van der Waals surface area contributed by atoms with Gasteiger partial charge in [-0.25, -0.2) is 4.79 Å². The number of halogens is 9. The molecule has 0 atom stereocenters. The lowest BCUT2D eigenvalue weighted by Crippen LogP contribution is -2.28. The second-order valence-electron chi connectivity index (χ2n) is 10.6. The molecule has 17 heteroatoms. The van der Waals surface area contributed by atoms with Crippen molar-refractivity contribution in [2.24, 2.45) is 0 Å². The largest absolute Gasteiger partial charge is 0.483 e. The average Bonchev–Trinajstić information content (AvgIpc) is 2.90. The van der Waals surface area contributed by atoms with E-state index in [1.807, 2.05) is 10.6 Å². The van der Waals surface area contributed by atoms with Crippen molar-refractivity contribution >= 4 is 29.2 Å². The minimum absolute atomic E-state index is 0.0480. The zero-order valence-corrected chi connectivity index (χ0v) is 24.0. The van der Waals surface area contributed by atoms with Gasteiger partial charge in [-0.1, -0.05) is 18.2 Å². The number of aromatic nitrogens is 1. The van der Waals surface area contributed by atoms with E-state index in [-0.39, 0.29) is 22.8 Å². The molecule has 2 amide bonds. The van der Waals surface area contributed by atoms with Gasteiger partial charge in [0.25, 0.3) is 0 Å². The van der Waals surface area contributed by atoms with Gasteiger partial charge in [0.2, 0.25) is 5.91 Å². The van der Waals surface area contributed by atoms with Crippen molar-refractivity contribution in [3.8, 4) is 16.9 Å². The summed E-state index contributed by atoms with van der Waals surface area (Å²) in [4.78, 5) is 41.3. The molecule has 1 heterocycles. The monoisotopic (exact) mass is 665 g/mol. The quantitative estimate of drug-likeness (QED) is 0.143. The number of rotatable bonds is 8. The number of hydrogen-bond acceptors (Lipinski definition) is 6. The summed E-state index contributed by atoms with van der Waals surface area (Å²) in [6, 6.07) is 7.77. The molecule has 0 aliphatic carbocycles. The predicted octanol–water partition coefficient (Wildman–Crippen LogP) is 8.29. The van der Waals surface area contributed by atoms with Gasteiger partial charge in [0.05, 0.1) is 23.4 Å². The van der Waals surface area contributed by atoms with Gasteiger partial charge in [0, 0.05) is 17.8 Å². The number of carbonyl (C=O) groups is 3. The molecule has 46 heavy (non-hydrogen) atoms. The zero-order chi connectivity index (χ0) is 34.7. The molecule has 0 unspecified atom stereocenters. The van der Waals surface area contributed by atoms with E-state index in [9.17, 15) is 53.9 Å². The molecule has 3 rings (SSSR count). The number of benzene rings is 2. The Bertz CT molecular complexity index is 1610. The van der Waals surface area contributed by atoms with Crippen LogP contribution in [-0.2, 0) is 21.9 Å². The van der Waals surface area contributed by atoms with Crippen molar-refractivity contribution < 1.29 is 63.4 Å². The van der Waals surface area contributed by atoms with Crippen LogP contribution < -0.4 is 15.4 Å². The Morgan fingerprint density at radius 1 is 0.783 bits per heavy atom. The first-order valence-electron chi connectivity index (χ1n) is 12.9. The molecule has 2 aromatic carbocycles. The van der Waals surface area contributed by atoms with E-state index in [2.05, 4.69) is 9.72 Å². The van der Waals surface area contributed by atoms with E-state index in [0.717, 1.165) is 12.3 Å². The first kappa shape index (κ1) is 35.6. The molecule has 0 radical (unpaired) electrons. The van der Waals surface area contributed by atoms with Gasteiger partial charge in [-0.05, 0) is 56.2 Å². The summed E-state index contributed by atoms with van der Waals surface area (Å²) >= 11 is 0. The predicted molar refractivity (Wildman–Crippen MR) is 145 cm³/mol. The highest BCUT2D eigenvalue weighted by Crippen LogP contribution is 2.42. The number of carbonyl (C=O) groups excluding carboxylic acids is 3. The maximum Gasteiger partial charge on any atom is 0.433 e. The molecule has 0 saturated heterocycles. The van der Waals surface area contributed by atoms with Crippen LogP contribution in [0.15, 0.2) is 54.7 Å². The SMILES string of the molecule is CC(C)(C)OC(=O)Nc1cc(OCC(F)(F)F)c(C(F)(F)F)cc1NC(=O)CC(=O)c1cccc(-c2ccnc(C(F)(F)F)c2)c1.